The highest BCUT2D eigenvalue weighted by atomic mass is 16.4. The zero-order chi connectivity index (χ0) is 43.0. The molecule has 0 aromatic heterocycles. The van der Waals surface area contributed by atoms with Crippen molar-refractivity contribution >= 4 is 17.8 Å². The van der Waals surface area contributed by atoms with Crippen LogP contribution >= 0.6 is 0 Å². The maximum Gasteiger partial charge on any atom is 0.306 e. The number of carbonyl (C=O) groups is 3. The number of rotatable bonds is 35. The Morgan fingerprint density at radius 3 is 1.48 bits per heavy atom. The zero-order valence-corrected chi connectivity index (χ0v) is 38.7. The highest BCUT2D eigenvalue weighted by molar-refractivity contribution is 5.88. The molecule has 2 atom stereocenters. The predicted octanol–water partition coefficient (Wildman–Crippen LogP) is 15.2. The number of carboxylic acid groups (broad SMARTS) is 2. The molecule has 0 aromatic carbocycles. The third-order valence-electron chi connectivity index (χ3n) is 12.4. The van der Waals surface area contributed by atoms with E-state index in [9.17, 15) is 24.6 Å². The summed E-state index contributed by atoms with van der Waals surface area (Å²) >= 11 is 0. The lowest BCUT2D eigenvalue weighted by atomic mass is 9.72. The highest BCUT2D eigenvalue weighted by Gasteiger charge is 2.26. The van der Waals surface area contributed by atoms with E-state index in [-0.39, 0.29) is 11.3 Å². The SMILES string of the molecule is CCCCCCCCCCCCC(CCN(CCC(CCCCCCCCCCCC)C(=O)O)C(=O)/C=C(C)/C=C/C=C(C)/C=C/C1=C(C)CCCC1(C)C)C(=O)O. The van der Waals surface area contributed by atoms with Gasteiger partial charge in [0.1, 0.15) is 0 Å². The number of carboxylic acids is 2. The molecule has 6 heteroatoms. The molecule has 58 heavy (non-hydrogen) atoms. The molecule has 0 radical (unpaired) electrons. The molecule has 1 amide bonds. The largest absolute Gasteiger partial charge is 0.481 e. The summed E-state index contributed by atoms with van der Waals surface area (Å²) in [5, 5.41) is 20.2. The molecule has 0 saturated heterocycles. The smallest absolute Gasteiger partial charge is 0.306 e. The zero-order valence-electron chi connectivity index (χ0n) is 38.7. The van der Waals surface area contributed by atoms with Gasteiger partial charge in [-0.1, -0.05) is 198 Å². The molecule has 1 aliphatic carbocycles. The van der Waals surface area contributed by atoms with Gasteiger partial charge in [0, 0.05) is 19.2 Å². The molecule has 0 aromatic rings. The van der Waals surface area contributed by atoms with Crippen LogP contribution in [-0.2, 0) is 14.4 Å². The molecule has 0 saturated carbocycles. The van der Waals surface area contributed by atoms with E-state index in [0.29, 0.717) is 38.8 Å². The number of allylic oxidation sites excluding steroid dienone is 9. The van der Waals surface area contributed by atoms with E-state index < -0.39 is 23.8 Å². The van der Waals surface area contributed by atoms with Gasteiger partial charge < -0.3 is 15.1 Å². The Hall–Kier alpha value is -2.89. The minimum Gasteiger partial charge on any atom is -0.481 e. The molecule has 2 unspecified atom stereocenters. The molecule has 0 aliphatic heterocycles. The number of hydrogen-bond acceptors (Lipinski definition) is 3. The summed E-state index contributed by atoms with van der Waals surface area (Å²) in [7, 11) is 0. The summed E-state index contributed by atoms with van der Waals surface area (Å²) in [5.74, 6) is -2.84. The third-order valence-corrected chi connectivity index (χ3v) is 12.4. The van der Waals surface area contributed by atoms with Crippen LogP contribution < -0.4 is 0 Å². The van der Waals surface area contributed by atoms with Gasteiger partial charge in [-0.2, -0.15) is 0 Å². The Labute approximate surface area is 357 Å². The molecule has 0 bridgehead atoms. The molecular formula is C52H89NO5. The van der Waals surface area contributed by atoms with Gasteiger partial charge >= 0.3 is 11.9 Å². The van der Waals surface area contributed by atoms with Crippen molar-refractivity contribution in [3.63, 3.8) is 0 Å². The molecule has 1 rings (SSSR count). The number of carbonyl (C=O) groups excluding carboxylic acids is 1. The van der Waals surface area contributed by atoms with Crippen LogP contribution in [-0.4, -0.2) is 46.0 Å². The number of aliphatic carboxylic acids is 2. The molecule has 332 valence electrons. The molecule has 0 heterocycles. The van der Waals surface area contributed by atoms with Crippen molar-refractivity contribution < 1.29 is 24.6 Å². The lowest BCUT2D eigenvalue weighted by Crippen LogP contribution is -2.35. The summed E-state index contributed by atoms with van der Waals surface area (Å²) in [4.78, 5) is 40.1. The van der Waals surface area contributed by atoms with E-state index in [1.807, 2.05) is 19.1 Å². The number of unbranched alkanes of at least 4 members (excludes halogenated alkanes) is 18. The van der Waals surface area contributed by atoms with Gasteiger partial charge in [0.05, 0.1) is 11.8 Å². The first-order valence-corrected chi connectivity index (χ1v) is 24.0. The molecular weight excluding hydrogens is 719 g/mol. The fourth-order valence-electron chi connectivity index (χ4n) is 8.46. The third kappa shape index (κ3) is 25.6. The first-order valence-electron chi connectivity index (χ1n) is 24.0. The molecule has 1 aliphatic rings. The Morgan fingerprint density at radius 2 is 1.07 bits per heavy atom. The maximum atomic E-state index is 13.8. The first kappa shape index (κ1) is 53.1. The second kappa shape index (κ2) is 32.9. The van der Waals surface area contributed by atoms with Crippen LogP contribution in [0.3, 0.4) is 0 Å². The average Bonchev–Trinajstić information content (AvgIpc) is 3.16. The quantitative estimate of drug-likeness (QED) is 0.0378. The summed E-state index contributed by atoms with van der Waals surface area (Å²) in [5.41, 5.74) is 5.02. The van der Waals surface area contributed by atoms with E-state index in [2.05, 4.69) is 59.8 Å². The topological polar surface area (TPSA) is 94.9 Å². The Kier molecular flexibility index (Phi) is 30.1. The van der Waals surface area contributed by atoms with Crippen LogP contribution in [0.2, 0.25) is 0 Å². The standard InChI is InChI=1S/C52H89NO5/c1-8-10-12-14-16-18-20-22-24-26-33-46(50(55)56)37-40-53(41-38-47(51(57)58)34-27-25-23-21-19-17-15-13-11-9-2)49(54)42-44(4)31-28-30-43(3)35-36-48-45(5)32-29-39-52(48,6)7/h28,30-31,35-36,42,46-47H,8-27,29,32-34,37-41H2,1-7H3,(H,55,56)(H,57,58)/b31-28+,36-35+,43-30+,44-42+. The molecule has 6 nitrogen and oxygen atoms in total. The van der Waals surface area contributed by atoms with Crippen molar-refractivity contribution in [1.82, 2.24) is 4.90 Å². The van der Waals surface area contributed by atoms with Gasteiger partial charge in [-0.05, 0) is 82.3 Å². The number of amides is 1. The number of hydrogen-bond donors (Lipinski definition) is 2. The highest BCUT2D eigenvalue weighted by Crippen LogP contribution is 2.40. The minimum atomic E-state index is -0.808. The Morgan fingerprint density at radius 1 is 0.638 bits per heavy atom. The van der Waals surface area contributed by atoms with Crippen LogP contribution in [0.4, 0.5) is 0 Å². The lowest BCUT2D eigenvalue weighted by Gasteiger charge is -2.32. The second-order valence-electron chi connectivity index (χ2n) is 18.3. The first-order chi connectivity index (χ1) is 27.8. The van der Waals surface area contributed by atoms with Gasteiger partial charge in [0.25, 0.3) is 0 Å². The Bertz CT molecular complexity index is 1250. The summed E-state index contributed by atoms with van der Waals surface area (Å²) in [6.07, 6.45) is 41.6. The fourth-order valence-corrected chi connectivity index (χ4v) is 8.46. The normalized spacial score (nSPS) is 16.1. The fraction of sp³-hybridized carbons (Fsp3) is 0.750. The van der Waals surface area contributed by atoms with E-state index in [0.717, 1.165) is 56.1 Å². The van der Waals surface area contributed by atoms with Crippen molar-refractivity contribution in [2.24, 2.45) is 17.3 Å². The molecule has 0 spiro atoms. The average molecular weight is 808 g/mol. The summed E-state index contributed by atoms with van der Waals surface area (Å²) in [6.45, 7) is 16.0. The van der Waals surface area contributed by atoms with Crippen molar-refractivity contribution in [3.05, 3.63) is 58.7 Å². The molecule has 0 fully saturated rings. The summed E-state index contributed by atoms with van der Waals surface area (Å²) < 4.78 is 0. The minimum absolute atomic E-state index is 0.184. The van der Waals surface area contributed by atoms with Gasteiger partial charge in [0.15, 0.2) is 0 Å². The van der Waals surface area contributed by atoms with Crippen LogP contribution in [0.1, 0.15) is 222 Å². The second-order valence-corrected chi connectivity index (χ2v) is 18.3. The van der Waals surface area contributed by atoms with Gasteiger partial charge in [-0.25, -0.2) is 0 Å². The Balaban J connectivity index is 2.90. The van der Waals surface area contributed by atoms with Crippen molar-refractivity contribution in [2.75, 3.05) is 13.1 Å². The molecule has 2 N–H and O–H groups in total. The van der Waals surface area contributed by atoms with Crippen LogP contribution in [0, 0.1) is 17.3 Å². The van der Waals surface area contributed by atoms with Gasteiger partial charge in [0.2, 0.25) is 5.91 Å². The van der Waals surface area contributed by atoms with Gasteiger partial charge in [-0.15, -0.1) is 0 Å². The van der Waals surface area contributed by atoms with Crippen molar-refractivity contribution in [3.8, 4) is 0 Å². The lowest BCUT2D eigenvalue weighted by molar-refractivity contribution is -0.143. The van der Waals surface area contributed by atoms with E-state index in [1.165, 1.54) is 114 Å². The maximum absolute atomic E-state index is 13.8. The summed E-state index contributed by atoms with van der Waals surface area (Å²) in [6, 6.07) is 0. The number of nitrogens with zero attached hydrogens (tertiary/aromatic N) is 1. The van der Waals surface area contributed by atoms with E-state index in [1.54, 1.807) is 11.0 Å². The monoisotopic (exact) mass is 808 g/mol. The van der Waals surface area contributed by atoms with Crippen molar-refractivity contribution in [1.29, 1.82) is 0 Å². The predicted molar refractivity (Wildman–Crippen MR) is 247 cm³/mol. The van der Waals surface area contributed by atoms with Crippen LogP contribution in [0.25, 0.3) is 0 Å². The van der Waals surface area contributed by atoms with E-state index >= 15 is 0 Å². The van der Waals surface area contributed by atoms with Gasteiger partial charge in [-0.3, -0.25) is 14.4 Å². The van der Waals surface area contributed by atoms with Crippen molar-refractivity contribution in [2.45, 2.75) is 222 Å². The van der Waals surface area contributed by atoms with E-state index in [4.69, 9.17) is 0 Å². The van der Waals surface area contributed by atoms with Crippen LogP contribution in [0.15, 0.2) is 58.7 Å². The van der Waals surface area contributed by atoms with Crippen LogP contribution in [0.5, 0.6) is 0 Å².